The van der Waals surface area contributed by atoms with Gasteiger partial charge in [0.05, 0.1) is 24.4 Å². The summed E-state index contributed by atoms with van der Waals surface area (Å²) in [5.41, 5.74) is 3.03. The summed E-state index contributed by atoms with van der Waals surface area (Å²) in [6.07, 6.45) is 1.45. The largest absolute Gasteiger partial charge is 0.507 e. The normalized spacial score (nSPS) is 16.6. The highest BCUT2D eigenvalue weighted by Gasteiger charge is 2.48. The molecule has 1 amide bonds. The zero-order valence-corrected chi connectivity index (χ0v) is 21.7. The number of nitrogens with zero attached hydrogens (tertiary/aromatic N) is 2. The number of thiazole rings is 1. The van der Waals surface area contributed by atoms with E-state index in [0.29, 0.717) is 22.6 Å². The first-order valence-electron chi connectivity index (χ1n) is 11.5. The van der Waals surface area contributed by atoms with Crippen LogP contribution in [0.1, 0.15) is 43.7 Å². The monoisotopic (exact) mass is 518 g/mol. The summed E-state index contributed by atoms with van der Waals surface area (Å²) in [6, 6.07) is 11.4. The lowest BCUT2D eigenvalue weighted by Gasteiger charge is -2.23. The number of esters is 1. The van der Waals surface area contributed by atoms with Crippen molar-refractivity contribution in [2.75, 3.05) is 18.6 Å². The Balaban J connectivity index is 1.88. The van der Waals surface area contributed by atoms with Crippen molar-refractivity contribution in [3.8, 4) is 5.75 Å². The van der Waals surface area contributed by atoms with Gasteiger partial charge in [-0.1, -0.05) is 53.8 Å². The Hall–Kier alpha value is -4.24. The molecule has 0 bridgehead atoms. The smallest absolute Gasteiger partial charge is 0.350 e. The molecule has 1 N–H and O–H groups in total. The first-order valence-corrected chi connectivity index (χ1v) is 12.3. The van der Waals surface area contributed by atoms with Crippen LogP contribution in [0.5, 0.6) is 5.75 Å². The lowest BCUT2D eigenvalue weighted by atomic mass is 9.94. The van der Waals surface area contributed by atoms with E-state index in [4.69, 9.17) is 9.47 Å². The topological polar surface area (TPSA) is 106 Å². The number of rotatable bonds is 7. The highest BCUT2D eigenvalue weighted by molar-refractivity contribution is 7.17. The zero-order chi connectivity index (χ0) is 26.9. The maximum Gasteiger partial charge on any atom is 0.350 e. The van der Waals surface area contributed by atoms with Crippen molar-refractivity contribution in [3.63, 3.8) is 0 Å². The van der Waals surface area contributed by atoms with E-state index >= 15 is 0 Å². The highest BCUT2D eigenvalue weighted by Crippen LogP contribution is 2.44. The molecule has 1 aliphatic rings. The molecule has 4 rings (SSSR count). The van der Waals surface area contributed by atoms with E-state index in [1.165, 1.54) is 11.0 Å². The van der Waals surface area contributed by atoms with Gasteiger partial charge in [-0.2, -0.15) is 0 Å². The number of aromatic nitrogens is 1. The molecule has 190 valence electrons. The standard InChI is InChI=1S/C28H26N2O6S/c1-6-13-36-27(34)25-17(4)29-28(37-25)30-22(18-9-7-15(2)8-10-18)21(24(32)26(30)33)23(31)19-11-12-20(35-5)16(3)14-19/h6-12,14,22,31H,1,13H2,2-5H3/t22-/m0/s1. The third kappa shape index (κ3) is 4.77. The number of carbonyl (C=O) groups excluding carboxylic acids is 3. The molecule has 37 heavy (non-hydrogen) atoms. The first-order chi connectivity index (χ1) is 17.7. The average Bonchev–Trinajstić information content (AvgIpc) is 3.39. The number of aryl methyl sites for hydroxylation is 3. The fourth-order valence-corrected chi connectivity index (χ4v) is 5.14. The van der Waals surface area contributed by atoms with Gasteiger partial charge in [0.25, 0.3) is 5.78 Å². The van der Waals surface area contributed by atoms with Crippen LogP contribution in [-0.2, 0) is 14.3 Å². The third-order valence-corrected chi connectivity index (χ3v) is 7.15. The molecule has 1 aliphatic heterocycles. The minimum absolute atomic E-state index is 0.0284. The second-order valence-corrected chi connectivity index (χ2v) is 9.54. The van der Waals surface area contributed by atoms with Gasteiger partial charge in [-0.3, -0.25) is 14.5 Å². The van der Waals surface area contributed by atoms with Crippen LogP contribution in [0.15, 0.2) is 60.7 Å². The van der Waals surface area contributed by atoms with E-state index in [1.54, 1.807) is 44.4 Å². The lowest BCUT2D eigenvalue weighted by Crippen LogP contribution is -2.29. The van der Waals surface area contributed by atoms with Gasteiger partial charge >= 0.3 is 11.9 Å². The number of hydrogen-bond donors (Lipinski definition) is 1. The fraction of sp³-hybridized carbons (Fsp3) is 0.214. The zero-order valence-electron chi connectivity index (χ0n) is 20.9. The molecular weight excluding hydrogens is 492 g/mol. The Morgan fingerprint density at radius 3 is 2.49 bits per heavy atom. The van der Waals surface area contributed by atoms with Crippen LogP contribution in [0.25, 0.3) is 5.76 Å². The van der Waals surface area contributed by atoms with E-state index in [-0.39, 0.29) is 27.9 Å². The van der Waals surface area contributed by atoms with Gasteiger partial charge in [0, 0.05) is 5.56 Å². The van der Waals surface area contributed by atoms with Crippen molar-refractivity contribution in [1.82, 2.24) is 4.98 Å². The maximum absolute atomic E-state index is 13.4. The molecule has 1 saturated heterocycles. The summed E-state index contributed by atoms with van der Waals surface area (Å²) in [7, 11) is 1.54. The van der Waals surface area contributed by atoms with Crippen LogP contribution < -0.4 is 9.64 Å². The van der Waals surface area contributed by atoms with Crippen molar-refractivity contribution in [1.29, 1.82) is 0 Å². The molecule has 1 fully saturated rings. The number of hydrogen-bond acceptors (Lipinski definition) is 8. The quantitative estimate of drug-likeness (QED) is 0.153. The van der Waals surface area contributed by atoms with Crippen molar-refractivity contribution in [2.45, 2.75) is 26.8 Å². The minimum Gasteiger partial charge on any atom is -0.507 e. The Morgan fingerprint density at radius 2 is 1.86 bits per heavy atom. The molecule has 2 heterocycles. The Bertz CT molecular complexity index is 1440. The summed E-state index contributed by atoms with van der Waals surface area (Å²) in [5.74, 6) is -1.98. The van der Waals surface area contributed by atoms with Crippen molar-refractivity contribution >= 4 is 39.9 Å². The molecule has 1 aromatic heterocycles. The minimum atomic E-state index is -0.953. The molecule has 2 aromatic carbocycles. The van der Waals surface area contributed by atoms with Gasteiger partial charge in [-0.25, -0.2) is 9.78 Å². The summed E-state index contributed by atoms with van der Waals surface area (Å²) in [6.45, 7) is 8.93. The highest BCUT2D eigenvalue weighted by atomic mass is 32.1. The number of ether oxygens (including phenoxy) is 2. The second-order valence-electron chi connectivity index (χ2n) is 8.56. The molecule has 0 radical (unpaired) electrons. The molecule has 9 heteroatoms. The number of Topliss-reactive ketones (excluding diaryl/α,β-unsaturated/α-hetero) is 1. The van der Waals surface area contributed by atoms with E-state index in [9.17, 15) is 19.5 Å². The van der Waals surface area contributed by atoms with Crippen LogP contribution in [0.2, 0.25) is 0 Å². The van der Waals surface area contributed by atoms with Crippen LogP contribution >= 0.6 is 11.3 Å². The molecule has 0 unspecified atom stereocenters. The number of amides is 1. The van der Waals surface area contributed by atoms with Gasteiger partial charge in [0.2, 0.25) is 0 Å². The summed E-state index contributed by atoms with van der Waals surface area (Å²) < 4.78 is 10.4. The van der Waals surface area contributed by atoms with E-state index < -0.39 is 23.7 Å². The number of ketones is 1. The number of anilines is 1. The molecule has 3 aromatic rings. The van der Waals surface area contributed by atoms with Gasteiger partial charge in [-0.05, 0) is 50.1 Å². The number of aliphatic hydroxyl groups is 1. The van der Waals surface area contributed by atoms with E-state index in [2.05, 4.69) is 11.6 Å². The van der Waals surface area contributed by atoms with E-state index in [1.807, 2.05) is 26.0 Å². The molecule has 8 nitrogen and oxygen atoms in total. The van der Waals surface area contributed by atoms with Crippen molar-refractivity contribution < 1.29 is 29.0 Å². The predicted octanol–water partition coefficient (Wildman–Crippen LogP) is 5.05. The SMILES string of the molecule is C=CCOC(=O)c1sc(N2C(=O)C(=O)C(=C(O)c3ccc(OC)c(C)c3)[C@@H]2c2ccc(C)cc2)nc1C. The molecule has 1 atom stereocenters. The van der Waals surface area contributed by atoms with Gasteiger partial charge < -0.3 is 14.6 Å². The Morgan fingerprint density at radius 1 is 1.16 bits per heavy atom. The Kier molecular flexibility index (Phi) is 7.26. The second kappa shape index (κ2) is 10.4. The molecule has 0 spiro atoms. The maximum atomic E-state index is 13.4. The molecule has 0 aliphatic carbocycles. The fourth-order valence-electron chi connectivity index (χ4n) is 4.15. The van der Waals surface area contributed by atoms with Crippen LogP contribution in [0, 0.1) is 20.8 Å². The van der Waals surface area contributed by atoms with Gasteiger partial charge in [0.1, 0.15) is 23.0 Å². The third-order valence-electron chi connectivity index (χ3n) is 6.01. The molecular formula is C28H26N2O6S. The van der Waals surface area contributed by atoms with Crippen LogP contribution in [-0.4, -0.2) is 41.5 Å². The number of benzene rings is 2. The molecule has 0 saturated carbocycles. The number of aliphatic hydroxyl groups excluding tert-OH is 1. The summed E-state index contributed by atoms with van der Waals surface area (Å²) in [5, 5.41) is 11.5. The average molecular weight is 519 g/mol. The lowest BCUT2D eigenvalue weighted by molar-refractivity contribution is -0.132. The van der Waals surface area contributed by atoms with Crippen molar-refractivity contribution in [2.24, 2.45) is 0 Å². The predicted molar refractivity (Wildman–Crippen MR) is 141 cm³/mol. The van der Waals surface area contributed by atoms with E-state index in [0.717, 1.165) is 22.5 Å². The van der Waals surface area contributed by atoms with Crippen molar-refractivity contribution in [3.05, 3.63) is 93.5 Å². The van der Waals surface area contributed by atoms with Gasteiger partial charge in [-0.15, -0.1) is 0 Å². The summed E-state index contributed by atoms with van der Waals surface area (Å²) in [4.78, 5) is 45.1. The van der Waals surface area contributed by atoms with Gasteiger partial charge in [0.15, 0.2) is 5.13 Å². The van der Waals surface area contributed by atoms with Crippen LogP contribution in [0.4, 0.5) is 5.13 Å². The number of carbonyl (C=O) groups is 3. The summed E-state index contributed by atoms with van der Waals surface area (Å²) >= 11 is 0.952. The van der Waals surface area contributed by atoms with Crippen LogP contribution in [0.3, 0.4) is 0 Å². The first kappa shape index (κ1) is 25.8. The Labute approximate surface area is 218 Å². The number of methoxy groups -OCH3 is 1.